The Morgan fingerprint density at radius 2 is 2.24 bits per heavy atom. The topological polar surface area (TPSA) is 59.6 Å². The molecule has 0 radical (unpaired) electrons. The molecular weight excluding hydrogens is 268 g/mol. The highest BCUT2D eigenvalue weighted by atomic mass is 16.6. The van der Waals surface area contributed by atoms with Gasteiger partial charge in [0, 0.05) is 18.8 Å². The summed E-state index contributed by atoms with van der Waals surface area (Å²) in [6, 6.07) is 8.39. The third-order valence-electron chi connectivity index (χ3n) is 3.06. The molecule has 5 nitrogen and oxygen atoms in total. The Hall–Kier alpha value is -1.75. The van der Waals surface area contributed by atoms with E-state index in [1.165, 1.54) is 0 Å². The molecule has 0 bridgehead atoms. The first-order valence-corrected chi connectivity index (χ1v) is 7.32. The highest BCUT2D eigenvalue weighted by Gasteiger charge is 2.16. The second-order valence-electron chi connectivity index (χ2n) is 6.26. The van der Waals surface area contributed by atoms with Gasteiger partial charge in [-0.3, -0.25) is 0 Å². The number of carbonyl (C=O) groups is 1. The first kappa shape index (κ1) is 15.6. The molecular formula is C16H24N2O3. The molecule has 1 unspecified atom stereocenters. The molecule has 1 aliphatic heterocycles. The number of amides is 1. The minimum Gasteiger partial charge on any atom is -0.444 e. The van der Waals surface area contributed by atoms with Crippen LogP contribution < -0.4 is 10.6 Å². The van der Waals surface area contributed by atoms with Crippen molar-refractivity contribution >= 4 is 11.8 Å². The van der Waals surface area contributed by atoms with Crippen LogP contribution in [0, 0.1) is 0 Å². The maximum absolute atomic E-state index is 11.6. The van der Waals surface area contributed by atoms with Gasteiger partial charge in [-0.25, -0.2) is 4.79 Å². The highest BCUT2D eigenvalue weighted by Crippen LogP contribution is 2.15. The monoisotopic (exact) mass is 292 g/mol. The minimum absolute atomic E-state index is 0.374. The first-order valence-electron chi connectivity index (χ1n) is 7.32. The summed E-state index contributed by atoms with van der Waals surface area (Å²) in [6.07, 6.45) is 0.630. The number of hydrogen-bond acceptors (Lipinski definition) is 4. The maximum atomic E-state index is 11.6. The molecule has 0 aromatic heterocycles. The van der Waals surface area contributed by atoms with E-state index in [0.29, 0.717) is 12.6 Å². The van der Waals surface area contributed by atoms with Gasteiger partial charge in [0.2, 0.25) is 0 Å². The lowest BCUT2D eigenvalue weighted by molar-refractivity contribution is 0.0523. The summed E-state index contributed by atoms with van der Waals surface area (Å²) in [4.78, 5) is 11.6. The fourth-order valence-corrected chi connectivity index (χ4v) is 2.14. The number of anilines is 1. The van der Waals surface area contributed by atoms with Crippen LogP contribution in [0.25, 0.3) is 0 Å². The quantitative estimate of drug-likeness (QED) is 0.896. The molecule has 1 aromatic rings. The molecule has 2 rings (SSSR count). The van der Waals surface area contributed by atoms with Crippen LogP contribution in [0.4, 0.5) is 10.5 Å². The Kier molecular flexibility index (Phi) is 5.07. The fraction of sp³-hybridized carbons (Fsp3) is 0.562. The van der Waals surface area contributed by atoms with Crippen LogP contribution in [0.5, 0.6) is 0 Å². The number of ether oxygens (including phenoxy) is 2. The predicted molar refractivity (Wildman–Crippen MR) is 82.4 cm³/mol. The largest absolute Gasteiger partial charge is 0.444 e. The van der Waals surface area contributed by atoms with Gasteiger partial charge in [0.05, 0.1) is 12.6 Å². The van der Waals surface area contributed by atoms with Crippen LogP contribution in [-0.4, -0.2) is 30.9 Å². The van der Waals surface area contributed by atoms with Crippen LogP contribution >= 0.6 is 0 Å². The number of alkyl carbamates (subject to hydrolysis) is 1. The smallest absolute Gasteiger partial charge is 0.407 e. The van der Waals surface area contributed by atoms with E-state index in [0.717, 1.165) is 30.9 Å². The van der Waals surface area contributed by atoms with Crippen LogP contribution in [-0.2, 0) is 16.0 Å². The first-order chi connectivity index (χ1) is 9.92. The van der Waals surface area contributed by atoms with E-state index < -0.39 is 11.7 Å². The molecule has 116 valence electrons. The van der Waals surface area contributed by atoms with Crippen LogP contribution in [0.2, 0.25) is 0 Å². The van der Waals surface area contributed by atoms with Crippen LogP contribution in [0.1, 0.15) is 32.8 Å². The molecule has 2 N–H and O–H groups in total. The molecule has 1 aliphatic rings. The van der Waals surface area contributed by atoms with E-state index in [4.69, 9.17) is 9.47 Å². The zero-order valence-corrected chi connectivity index (χ0v) is 12.9. The summed E-state index contributed by atoms with van der Waals surface area (Å²) in [5.41, 5.74) is 1.61. The molecule has 1 saturated heterocycles. The van der Waals surface area contributed by atoms with Gasteiger partial charge in [-0.1, -0.05) is 12.1 Å². The predicted octanol–water partition coefficient (Wildman–Crippen LogP) is 2.91. The average molecular weight is 292 g/mol. The average Bonchev–Trinajstić information content (AvgIpc) is 2.88. The van der Waals surface area contributed by atoms with E-state index in [1.807, 2.05) is 45.0 Å². The van der Waals surface area contributed by atoms with Crippen molar-refractivity contribution in [2.24, 2.45) is 0 Å². The van der Waals surface area contributed by atoms with Gasteiger partial charge in [-0.2, -0.15) is 0 Å². The van der Waals surface area contributed by atoms with E-state index in [1.54, 1.807) is 0 Å². The van der Waals surface area contributed by atoms with Gasteiger partial charge in [0.1, 0.15) is 5.60 Å². The van der Waals surface area contributed by atoms with Gasteiger partial charge < -0.3 is 20.1 Å². The van der Waals surface area contributed by atoms with Gasteiger partial charge in [0.25, 0.3) is 0 Å². The Balaban J connectivity index is 1.84. The summed E-state index contributed by atoms with van der Waals surface area (Å²) < 4.78 is 10.6. The molecule has 21 heavy (non-hydrogen) atoms. The van der Waals surface area contributed by atoms with Crippen molar-refractivity contribution in [3.8, 4) is 0 Å². The van der Waals surface area contributed by atoms with E-state index in [9.17, 15) is 4.79 Å². The normalized spacial score (nSPS) is 18.3. The van der Waals surface area contributed by atoms with Gasteiger partial charge >= 0.3 is 6.09 Å². The SMILES string of the molecule is CC(C)(C)OC(=O)NCc1cccc(NC2CCOC2)c1. The maximum Gasteiger partial charge on any atom is 0.407 e. The Bertz CT molecular complexity index is 477. The number of nitrogens with one attached hydrogen (secondary N) is 2. The second kappa shape index (κ2) is 6.80. The Morgan fingerprint density at radius 3 is 2.90 bits per heavy atom. The Labute approximate surface area is 126 Å². The van der Waals surface area contributed by atoms with Crippen LogP contribution in [0.15, 0.2) is 24.3 Å². The lowest BCUT2D eigenvalue weighted by atomic mass is 10.1. The standard InChI is InChI=1S/C16H24N2O3/c1-16(2,3)21-15(19)17-10-12-5-4-6-13(9-12)18-14-7-8-20-11-14/h4-6,9,14,18H,7-8,10-11H2,1-3H3,(H,17,19). The molecule has 0 spiro atoms. The lowest BCUT2D eigenvalue weighted by Crippen LogP contribution is -2.32. The van der Waals surface area contributed by atoms with E-state index in [2.05, 4.69) is 10.6 Å². The minimum atomic E-state index is -0.476. The summed E-state index contributed by atoms with van der Waals surface area (Å²) in [6.45, 7) is 7.56. The molecule has 1 amide bonds. The number of hydrogen-bond donors (Lipinski definition) is 2. The number of carbonyl (C=O) groups excluding carboxylic acids is 1. The molecule has 0 aliphatic carbocycles. The van der Waals surface area contributed by atoms with Crippen molar-refractivity contribution in [1.82, 2.24) is 5.32 Å². The lowest BCUT2D eigenvalue weighted by Gasteiger charge is -2.20. The van der Waals surface area contributed by atoms with Gasteiger partial charge in [0.15, 0.2) is 0 Å². The van der Waals surface area contributed by atoms with Crippen molar-refractivity contribution in [3.05, 3.63) is 29.8 Å². The number of rotatable bonds is 4. The highest BCUT2D eigenvalue weighted by molar-refractivity contribution is 5.67. The van der Waals surface area contributed by atoms with Crippen molar-refractivity contribution in [2.45, 2.75) is 45.4 Å². The summed E-state index contributed by atoms with van der Waals surface area (Å²) in [7, 11) is 0. The molecule has 1 heterocycles. The van der Waals surface area contributed by atoms with Crippen molar-refractivity contribution in [2.75, 3.05) is 18.5 Å². The molecule has 1 atom stereocenters. The fourth-order valence-electron chi connectivity index (χ4n) is 2.14. The summed E-state index contributed by atoms with van der Waals surface area (Å²) >= 11 is 0. The zero-order chi connectivity index (χ0) is 15.3. The molecule has 1 fully saturated rings. The summed E-state index contributed by atoms with van der Waals surface area (Å²) in [5, 5.41) is 6.20. The zero-order valence-electron chi connectivity index (χ0n) is 12.9. The van der Waals surface area contributed by atoms with E-state index >= 15 is 0 Å². The molecule has 0 saturated carbocycles. The third kappa shape index (κ3) is 5.63. The van der Waals surface area contributed by atoms with Gasteiger partial charge in [-0.15, -0.1) is 0 Å². The molecule has 1 aromatic carbocycles. The van der Waals surface area contributed by atoms with Crippen molar-refractivity contribution < 1.29 is 14.3 Å². The van der Waals surface area contributed by atoms with E-state index in [-0.39, 0.29) is 0 Å². The second-order valence-corrected chi connectivity index (χ2v) is 6.26. The molecule has 5 heteroatoms. The van der Waals surface area contributed by atoms with Crippen molar-refractivity contribution in [1.29, 1.82) is 0 Å². The third-order valence-corrected chi connectivity index (χ3v) is 3.06. The number of benzene rings is 1. The van der Waals surface area contributed by atoms with Crippen molar-refractivity contribution in [3.63, 3.8) is 0 Å². The van der Waals surface area contributed by atoms with Crippen LogP contribution in [0.3, 0.4) is 0 Å². The van der Waals surface area contributed by atoms with Gasteiger partial charge in [-0.05, 0) is 44.9 Å². The summed E-state index contributed by atoms with van der Waals surface area (Å²) in [5.74, 6) is 0. The Morgan fingerprint density at radius 1 is 1.43 bits per heavy atom.